The SMILES string of the molecule is COc1cc(/C=C2/C(C)=C(CC(=O)NCc3cccnc3)c3cc(F)ccc32)cc(OC)c1O.COc1cc(/C=C2/C(C)=C(CC(=O)NCc3cccnc3)c3cc(F)ccc32)cc(OC)c1OC(=O)c1ccccc1. The van der Waals surface area contributed by atoms with E-state index in [4.69, 9.17) is 23.7 Å². The summed E-state index contributed by atoms with van der Waals surface area (Å²) in [5.41, 5.74) is 11.5. The molecule has 0 fully saturated rings. The van der Waals surface area contributed by atoms with Crippen LogP contribution in [0.25, 0.3) is 34.4 Å². The molecule has 2 heterocycles. The van der Waals surface area contributed by atoms with Crippen LogP contribution in [-0.4, -0.2) is 61.3 Å². The molecule has 0 radical (unpaired) electrons. The Hall–Kier alpha value is -9.37. The van der Waals surface area contributed by atoms with E-state index in [-0.39, 0.29) is 59.3 Å². The lowest BCUT2D eigenvalue weighted by Gasteiger charge is -2.15. The molecule has 2 aliphatic carbocycles. The van der Waals surface area contributed by atoms with Gasteiger partial charge in [-0.2, -0.15) is 0 Å². The zero-order valence-corrected chi connectivity index (χ0v) is 42.6. The van der Waals surface area contributed by atoms with Crippen molar-refractivity contribution in [2.24, 2.45) is 0 Å². The number of nitrogens with one attached hydrogen (secondary N) is 2. The number of aromatic hydroxyl groups is 1. The molecular formula is C61H54F2N4O9. The molecule has 2 aliphatic rings. The number of carbonyl (C=O) groups excluding carboxylic acids is 3. The number of hydrogen-bond donors (Lipinski definition) is 3. The molecule has 0 atom stereocenters. The molecule has 2 amide bonds. The van der Waals surface area contributed by atoms with Crippen LogP contribution in [0.5, 0.6) is 34.5 Å². The number of methoxy groups -OCH3 is 4. The molecular weight excluding hydrogens is 971 g/mol. The van der Waals surface area contributed by atoms with Gasteiger partial charge in [-0.25, -0.2) is 13.6 Å². The molecule has 2 aromatic heterocycles. The van der Waals surface area contributed by atoms with Gasteiger partial charge in [0.25, 0.3) is 0 Å². The Kier molecular flexibility index (Phi) is 16.8. The number of allylic oxidation sites excluding steroid dienone is 4. The van der Waals surface area contributed by atoms with Gasteiger partial charge in [0.1, 0.15) is 11.6 Å². The fourth-order valence-corrected chi connectivity index (χ4v) is 8.96. The second kappa shape index (κ2) is 24.1. The molecule has 7 aromatic rings. The van der Waals surface area contributed by atoms with E-state index in [0.717, 1.165) is 61.3 Å². The summed E-state index contributed by atoms with van der Waals surface area (Å²) in [5.74, 6) is -0.407. The van der Waals surface area contributed by atoms with Crippen molar-refractivity contribution in [2.45, 2.75) is 39.8 Å². The van der Waals surface area contributed by atoms with Gasteiger partial charge < -0.3 is 39.4 Å². The molecule has 3 N–H and O–H groups in total. The van der Waals surface area contributed by atoms with Gasteiger partial charge in [-0.15, -0.1) is 0 Å². The number of benzene rings is 5. The third-order valence-electron chi connectivity index (χ3n) is 12.8. The highest BCUT2D eigenvalue weighted by molar-refractivity contribution is 6.09. The summed E-state index contributed by atoms with van der Waals surface area (Å²) >= 11 is 0. The van der Waals surface area contributed by atoms with Crippen molar-refractivity contribution in [1.29, 1.82) is 0 Å². The second-order valence-electron chi connectivity index (χ2n) is 17.6. The predicted molar refractivity (Wildman–Crippen MR) is 287 cm³/mol. The molecule has 9 rings (SSSR count). The van der Waals surface area contributed by atoms with Crippen LogP contribution < -0.4 is 34.3 Å². The third kappa shape index (κ3) is 12.2. The Morgan fingerprint density at radius 1 is 0.553 bits per heavy atom. The molecule has 5 aromatic carbocycles. The van der Waals surface area contributed by atoms with E-state index in [1.165, 1.54) is 52.7 Å². The van der Waals surface area contributed by atoms with E-state index < -0.39 is 5.97 Å². The summed E-state index contributed by atoms with van der Waals surface area (Å²) < 4.78 is 55.9. The van der Waals surface area contributed by atoms with Crippen LogP contribution in [0.3, 0.4) is 0 Å². The second-order valence-corrected chi connectivity index (χ2v) is 17.6. The minimum absolute atomic E-state index is 0.0840. The third-order valence-corrected chi connectivity index (χ3v) is 12.8. The van der Waals surface area contributed by atoms with Crippen molar-refractivity contribution in [2.75, 3.05) is 28.4 Å². The van der Waals surface area contributed by atoms with Crippen LogP contribution in [0.2, 0.25) is 0 Å². The van der Waals surface area contributed by atoms with Gasteiger partial charge in [0.05, 0.1) is 46.8 Å². The molecule has 0 saturated carbocycles. The summed E-state index contributed by atoms with van der Waals surface area (Å²) in [7, 11) is 5.89. The topological polar surface area (TPSA) is 167 Å². The van der Waals surface area contributed by atoms with Crippen LogP contribution in [0.1, 0.15) is 81.6 Å². The minimum Gasteiger partial charge on any atom is -0.502 e. The standard InChI is InChI=1S/C34H29FN2O5.C27H25FN2O4/c1-21-27(14-23-15-30(40-2)33(31(16-23)41-3)42-34(39)24-9-5-4-6-10-24)26-12-11-25(35)17-29(26)28(21)18-32(38)37-20-22-8-7-13-36-19-22;1-16-21(9-18-10-24(33-2)27(32)25(11-18)34-3)20-7-6-19(28)12-23(20)22(16)13-26(31)30-15-17-5-4-8-29-14-17/h4-17,19H,18,20H2,1-3H3,(H,37,38);4-12,14,32H,13,15H2,1-3H3,(H,30,31)/b27-14-;21-9-. The Morgan fingerprint density at radius 3 is 1.39 bits per heavy atom. The van der Waals surface area contributed by atoms with Crippen LogP contribution in [0.15, 0.2) is 151 Å². The van der Waals surface area contributed by atoms with E-state index >= 15 is 0 Å². The number of rotatable bonds is 16. The van der Waals surface area contributed by atoms with Gasteiger partial charge >= 0.3 is 5.97 Å². The number of hydrogen-bond acceptors (Lipinski definition) is 11. The first kappa shape index (κ1) is 52.9. The first-order valence-corrected chi connectivity index (χ1v) is 24.0. The van der Waals surface area contributed by atoms with E-state index in [9.17, 15) is 28.3 Å². The van der Waals surface area contributed by atoms with Crippen LogP contribution in [0, 0.1) is 11.6 Å². The van der Waals surface area contributed by atoms with Crippen molar-refractivity contribution in [1.82, 2.24) is 20.6 Å². The molecule has 0 aliphatic heterocycles. The van der Waals surface area contributed by atoms with Crippen LogP contribution in [-0.2, 0) is 22.7 Å². The number of ether oxygens (including phenoxy) is 5. The minimum atomic E-state index is -0.546. The van der Waals surface area contributed by atoms with E-state index in [2.05, 4.69) is 20.6 Å². The molecule has 76 heavy (non-hydrogen) atoms. The summed E-state index contributed by atoms with van der Waals surface area (Å²) in [6.07, 6.45) is 10.8. The van der Waals surface area contributed by atoms with Gasteiger partial charge in [0.15, 0.2) is 23.0 Å². The number of amides is 2. The van der Waals surface area contributed by atoms with Gasteiger partial charge in [-0.05, 0) is 177 Å². The quantitative estimate of drug-likeness (QED) is 0.0622. The maximum Gasteiger partial charge on any atom is 0.343 e. The Morgan fingerprint density at radius 2 is 0.987 bits per heavy atom. The lowest BCUT2D eigenvalue weighted by atomic mass is 10.00. The summed E-state index contributed by atoms with van der Waals surface area (Å²) in [6.45, 7) is 4.55. The Balaban J connectivity index is 0.000000206. The van der Waals surface area contributed by atoms with Gasteiger partial charge in [-0.1, -0.05) is 42.5 Å². The normalized spacial score (nSPS) is 13.4. The number of carbonyl (C=O) groups is 3. The highest BCUT2D eigenvalue weighted by Crippen LogP contribution is 2.47. The molecule has 0 spiro atoms. The van der Waals surface area contributed by atoms with Gasteiger partial charge in [0, 0.05) is 37.9 Å². The zero-order chi connectivity index (χ0) is 53.9. The number of nitrogens with zero attached hydrogens (tertiary/aromatic N) is 2. The number of halogens is 2. The number of fused-ring (bicyclic) bond motifs is 2. The lowest BCUT2D eigenvalue weighted by molar-refractivity contribution is -0.121. The predicted octanol–water partition coefficient (Wildman–Crippen LogP) is 11.5. The molecule has 386 valence electrons. The molecule has 13 nitrogen and oxygen atoms in total. The summed E-state index contributed by atoms with van der Waals surface area (Å²) in [6, 6.07) is 32.0. The number of esters is 1. The van der Waals surface area contributed by atoms with Crippen molar-refractivity contribution in [3.8, 4) is 34.5 Å². The number of aromatic nitrogens is 2. The Bertz CT molecular complexity index is 3400. The maximum absolute atomic E-state index is 14.4. The molecule has 0 saturated heterocycles. The zero-order valence-electron chi connectivity index (χ0n) is 42.6. The summed E-state index contributed by atoms with van der Waals surface area (Å²) in [5, 5.41) is 16.0. The number of pyridine rings is 2. The van der Waals surface area contributed by atoms with Crippen molar-refractivity contribution >= 4 is 52.2 Å². The average Bonchev–Trinajstić information content (AvgIpc) is 3.85. The van der Waals surface area contributed by atoms with Gasteiger partial charge in [0.2, 0.25) is 23.3 Å². The van der Waals surface area contributed by atoms with Crippen molar-refractivity contribution in [3.05, 3.63) is 213 Å². The van der Waals surface area contributed by atoms with Crippen molar-refractivity contribution in [3.63, 3.8) is 0 Å². The fraction of sp³-hybridized carbons (Fsp3) is 0.164. The largest absolute Gasteiger partial charge is 0.502 e. The number of phenols is 1. The first-order chi connectivity index (χ1) is 36.8. The maximum atomic E-state index is 14.4. The smallest absolute Gasteiger partial charge is 0.343 e. The monoisotopic (exact) mass is 1020 g/mol. The average molecular weight is 1030 g/mol. The molecule has 15 heteroatoms. The Labute approximate surface area is 438 Å². The molecule has 0 bridgehead atoms. The lowest BCUT2D eigenvalue weighted by Crippen LogP contribution is -2.22. The van der Waals surface area contributed by atoms with E-state index in [1.54, 1.807) is 85.5 Å². The van der Waals surface area contributed by atoms with E-state index in [0.29, 0.717) is 46.8 Å². The first-order valence-electron chi connectivity index (χ1n) is 24.0. The fourth-order valence-electron chi connectivity index (χ4n) is 8.96. The molecule has 0 unspecified atom stereocenters. The van der Waals surface area contributed by atoms with E-state index in [1.807, 2.05) is 56.3 Å². The van der Waals surface area contributed by atoms with Crippen molar-refractivity contribution < 1.29 is 52.0 Å². The summed E-state index contributed by atoms with van der Waals surface area (Å²) in [4.78, 5) is 46.5. The number of phenolic OH excluding ortho intramolecular Hbond substituents is 1. The van der Waals surface area contributed by atoms with Crippen LogP contribution in [0.4, 0.5) is 8.78 Å². The van der Waals surface area contributed by atoms with Crippen LogP contribution >= 0.6 is 0 Å². The highest BCUT2D eigenvalue weighted by atomic mass is 19.1. The highest BCUT2D eigenvalue weighted by Gasteiger charge is 2.28. The van der Waals surface area contributed by atoms with Gasteiger partial charge in [-0.3, -0.25) is 19.6 Å².